The summed E-state index contributed by atoms with van der Waals surface area (Å²) in [4.78, 5) is 11.3. The third kappa shape index (κ3) is 5.08. The molecule has 0 saturated carbocycles. The van der Waals surface area contributed by atoms with Gasteiger partial charge in [-0.25, -0.2) is 0 Å². The van der Waals surface area contributed by atoms with Crippen LogP contribution < -0.4 is 10.1 Å². The Bertz CT molecular complexity index is 474. The molecule has 20 heavy (non-hydrogen) atoms. The number of hydrogen-bond acceptors (Lipinski definition) is 3. The first kappa shape index (κ1) is 16.3. The van der Waals surface area contributed by atoms with Crippen LogP contribution in [0.25, 0.3) is 0 Å². The van der Waals surface area contributed by atoms with Gasteiger partial charge in [0, 0.05) is 0 Å². The molecule has 0 heterocycles. The number of benzene rings is 1. The smallest absolute Gasteiger partial charge is 0.416 e. The maximum absolute atomic E-state index is 12.0. The molecular weight excluding hydrogens is 275 g/mol. The largest absolute Gasteiger partial charge is 0.483 e. The molecule has 1 unspecified atom stereocenters. The van der Waals surface area contributed by atoms with E-state index in [1.165, 1.54) is 0 Å². The van der Waals surface area contributed by atoms with Gasteiger partial charge in [0.1, 0.15) is 5.75 Å². The number of rotatable bonds is 5. The standard InChI is InChI=1S/C13H16F3NO3/c1-8-3-4-9(2)10(5-8)20-7-12(19)17-6-11(18)13(14,15)16/h3-5,11,18H,6-7H2,1-2H3,(H,17,19). The van der Waals surface area contributed by atoms with Gasteiger partial charge in [-0.3, -0.25) is 4.79 Å². The maximum atomic E-state index is 12.0. The van der Waals surface area contributed by atoms with Gasteiger partial charge in [0.25, 0.3) is 5.91 Å². The second-order valence-electron chi connectivity index (χ2n) is 4.42. The number of halogens is 3. The Balaban J connectivity index is 2.42. The zero-order valence-electron chi connectivity index (χ0n) is 11.1. The summed E-state index contributed by atoms with van der Waals surface area (Å²) < 4.78 is 41.3. The molecule has 0 fully saturated rings. The second-order valence-corrected chi connectivity index (χ2v) is 4.42. The molecule has 0 aliphatic carbocycles. The Morgan fingerprint density at radius 3 is 2.65 bits per heavy atom. The minimum absolute atomic E-state index is 0.408. The monoisotopic (exact) mass is 291 g/mol. The third-order valence-corrected chi connectivity index (χ3v) is 2.57. The minimum Gasteiger partial charge on any atom is -0.483 e. The van der Waals surface area contributed by atoms with Gasteiger partial charge in [-0.05, 0) is 31.0 Å². The molecule has 0 saturated heterocycles. The van der Waals surface area contributed by atoms with E-state index in [0.717, 1.165) is 11.1 Å². The maximum Gasteiger partial charge on any atom is 0.416 e. The summed E-state index contributed by atoms with van der Waals surface area (Å²) in [6.07, 6.45) is -7.33. The molecule has 0 aliphatic heterocycles. The van der Waals surface area contributed by atoms with Crippen molar-refractivity contribution in [3.05, 3.63) is 29.3 Å². The summed E-state index contributed by atoms with van der Waals surface area (Å²) in [6.45, 7) is 2.35. The number of amides is 1. The lowest BCUT2D eigenvalue weighted by atomic mass is 10.1. The van der Waals surface area contributed by atoms with E-state index in [9.17, 15) is 18.0 Å². The molecule has 1 aromatic rings. The van der Waals surface area contributed by atoms with Crippen LogP contribution in [0.3, 0.4) is 0 Å². The van der Waals surface area contributed by atoms with Gasteiger partial charge in [-0.2, -0.15) is 13.2 Å². The van der Waals surface area contributed by atoms with Gasteiger partial charge in [-0.15, -0.1) is 0 Å². The summed E-state index contributed by atoms with van der Waals surface area (Å²) in [7, 11) is 0. The number of aryl methyl sites for hydroxylation is 2. The highest BCUT2D eigenvalue weighted by Gasteiger charge is 2.38. The molecule has 1 amide bonds. The highest BCUT2D eigenvalue weighted by molar-refractivity contribution is 5.77. The molecular formula is C13H16F3NO3. The van der Waals surface area contributed by atoms with Crippen molar-refractivity contribution in [2.45, 2.75) is 26.1 Å². The molecule has 1 rings (SSSR count). The Kier molecular flexibility index (Phi) is 5.38. The minimum atomic E-state index is -4.75. The molecule has 7 heteroatoms. The lowest BCUT2D eigenvalue weighted by molar-refractivity contribution is -0.201. The Hall–Kier alpha value is -1.76. The van der Waals surface area contributed by atoms with Crippen LogP contribution in [0.2, 0.25) is 0 Å². The number of nitrogens with one attached hydrogen (secondary N) is 1. The van der Waals surface area contributed by atoms with Gasteiger partial charge < -0.3 is 15.2 Å². The fourth-order valence-corrected chi connectivity index (χ4v) is 1.38. The van der Waals surface area contributed by atoms with E-state index in [4.69, 9.17) is 9.84 Å². The molecule has 0 spiro atoms. The highest BCUT2D eigenvalue weighted by atomic mass is 19.4. The number of carbonyl (C=O) groups excluding carboxylic acids is 1. The normalized spacial score (nSPS) is 12.9. The SMILES string of the molecule is Cc1ccc(C)c(OCC(=O)NCC(O)C(F)(F)F)c1. The lowest BCUT2D eigenvalue weighted by Crippen LogP contribution is -2.42. The van der Waals surface area contributed by atoms with Crippen molar-refractivity contribution in [1.82, 2.24) is 5.32 Å². The number of hydrogen-bond donors (Lipinski definition) is 2. The predicted octanol–water partition coefficient (Wildman–Crippen LogP) is 1.72. The van der Waals surface area contributed by atoms with Crippen LogP contribution in [-0.2, 0) is 4.79 Å². The van der Waals surface area contributed by atoms with Crippen LogP contribution in [-0.4, -0.2) is 36.4 Å². The number of aliphatic hydroxyl groups is 1. The van der Waals surface area contributed by atoms with E-state index in [1.54, 1.807) is 13.0 Å². The summed E-state index contributed by atoms with van der Waals surface area (Å²) in [5, 5.41) is 10.7. The average molecular weight is 291 g/mol. The first-order chi connectivity index (χ1) is 9.20. The lowest BCUT2D eigenvalue weighted by Gasteiger charge is -2.15. The van der Waals surface area contributed by atoms with E-state index in [1.807, 2.05) is 24.4 Å². The Labute approximate surface area is 114 Å². The number of aliphatic hydroxyl groups excluding tert-OH is 1. The van der Waals surface area contributed by atoms with Crippen LogP contribution in [0.5, 0.6) is 5.75 Å². The Morgan fingerprint density at radius 2 is 2.05 bits per heavy atom. The number of carbonyl (C=O) groups is 1. The molecule has 112 valence electrons. The second kappa shape index (κ2) is 6.60. The van der Waals surface area contributed by atoms with Gasteiger partial charge in [-0.1, -0.05) is 12.1 Å². The van der Waals surface area contributed by atoms with Gasteiger partial charge in [0.05, 0.1) is 6.54 Å². The summed E-state index contributed by atoms with van der Waals surface area (Å²) in [5.74, 6) is -0.231. The molecule has 0 bridgehead atoms. The first-order valence-electron chi connectivity index (χ1n) is 5.91. The van der Waals surface area contributed by atoms with Crippen molar-refractivity contribution < 1.29 is 27.8 Å². The van der Waals surface area contributed by atoms with Gasteiger partial charge in [0.15, 0.2) is 12.7 Å². The number of alkyl halides is 3. The van der Waals surface area contributed by atoms with E-state index >= 15 is 0 Å². The molecule has 2 N–H and O–H groups in total. The molecule has 0 aromatic heterocycles. The van der Waals surface area contributed by atoms with Crippen molar-refractivity contribution >= 4 is 5.91 Å². The van der Waals surface area contributed by atoms with E-state index in [0.29, 0.717) is 5.75 Å². The highest BCUT2D eigenvalue weighted by Crippen LogP contribution is 2.20. The number of ether oxygens (including phenoxy) is 1. The fourth-order valence-electron chi connectivity index (χ4n) is 1.38. The summed E-state index contributed by atoms with van der Waals surface area (Å²) in [6, 6.07) is 5.42. The summed E-state index contributed by atoms with van der Waals surface area (Å²) >= 11 is 0. The molecule has 1 aromatic carbocycles. The molecule has 1 atom stereocenters. The Morgan fingerprint density at radius 1 is 1.40 bits per heavy atom. The van der Waals surface area contributed by atoms with Gasteiger partial charge >= 0.3 is 6.18 Å². The van der Waals surface area contributed by atoms with E-state index in [2.05, 4.69) is 0 Å². The predicted molar refractivity (Wildman–Crippen MR) is 66.5 cm³/mol. The zero-order valence-corrected chi connectivity index (χ0v) is 11.1. The topological polar surface area (TPSA) is 58.6 Å². The fraction of sp³-hybridized carbons (Fsp3) is 0.462. The first-order valence-corrected chi connectivity index (χ1v) is 5.91. The van der Waals surface area contributed by atoms with Crippen LogP contribution >= 0.6 is 0 Å². The molecule has 4 nitrogen and oxygen atoms in total. The summed E-state index contributed by atoms with van der Waals surface area (Å²) in [5.41, 5.74) is 1.76. The van der Waals surface area contributed by atoms with E-state index < -0.39 is 31.3 Å². The average Bonchev–Trinajstić information content (AvgIpc) is 2.35. The molecule has 0 radical (unpaired) electrons. The third-order valence-electron chi connectivity index (χ3n) is 2.57. The van der Waals surface area contributed by atoms with Crippen LogP contribution in [0.15, 0.2) is 18.2 Å². The van der Waals surface area contributed by atoms with Gasteiger partial charge in [0.2, 0.25) is 0 Å². The van der Waals surface area contributed by atoms with Crippen molar-refractivity contribution in [3.63, 3.8) is 0 Å². The molecule has 0 aliphatic rings. The van der Waals surface area contributed by atoms with Crippen LogP contribution in [0.1, 0.15) is 11.1 Å². The van der Waals surface area contributed by atoms with Crippen molar-refractivity contribution in [2.75, 3.05) is 13.2 Å². The quantitative estimate of drug-likeness (QED) is 0.868. The van der Waals surface area contributed by atoms with Crippen LogP contribution in [0, 0.1) is 13.8 Å². The van der Waals surface area contributed by atoms with Crippen LogP contribution in [0.4, 0.5) is 13.2 Å². The van der Waals surface area contributed by atoms with Crippen molar-refractivity contribution in [2.24, 2.45) is 0 Å². The zero-order chi connectivity index (χ0) is 15.3. The van der Waals surface area contributed by atoms with Crippen molar-refractivity contribution in [3.8, 4) is 5.75 Å². The van der Waals surface area contributed by atoms with Crippen molar-refractivity contribution in [1.29, 1.82) is 0 Å². The van der Waals surface area contributed by atoms with E-state index in [-0.39, 0.29) is 0 Å².